The molecular formula is C11H12N4O2S. The fraction of sp³-hybridized carbons (Fsp3) is 0.455. The lowest BCUT2D eigenvalue weighted by Gasteiger charge is -2.28. The molecule has 2 heterocycles. The molecule has 3 N–H and O–H groups in total. The van der Waals surface area contributed by atoms with Crippen molar-refractivity contribution in [1.29, 1.82) is 0 Å². The molecule has 2 bridgehead atoms. The van der Waals surface area contributed by atoms with Gasteiger partial charge in [0.1, 0.15) is 10.8 Å². The molecule has 94 valence electrons. The number of fused-ring (bicyclic) bond motifs is 2. The van der Waals surface area contributed by atoms with Crippen molar-refractivity contribution in [3.05, 3.63) is 11.8 Å². The third kappa shape index (κ3) is 1.47. The van der Waals surface area contributed by atoms with Crippen molar-refractivity contribution in [2.45, 2.75) is 19.3 Å². The Morgan fingerprint density at radius 3 is 2.56 bits per heavy atom. The van der Waals surface area contributed by atoms with Gasteiger partial charge in [0.2, 0.25) is 11.8 Å². The van der Waals surface area contributed by atoms with Gasteiger partial charge in [0.15, 0.2) is 0 Å². The van der Waals surface area contributed by atoms with Gasteiger partial charge in [-0.1, -0.05) is 12.2 Å². The molecule has 3 rings (SSSR count). The average molecular weight is 264 g/mol. The average Bonchev–Trinajstić information content (AvgIpc) is 2.95. The van der Waals surface area contributed by atoms with Crippen LogP contribution >= 0.6 is 12.2 Å². The number of thiocarbonyl (C=S) groups is 1. The van der Waals surface area contributed by atoms with E-state index in [0.717, 1.165) is 12.8 Å². The van der Waals surface area contributed by atoms with Gasteiger partial charge in [0, 0.05) is 11.8 Å². The smallest absolute Gasteiger partial charge is 0.238 e. The lowest BCUT2D eigenvalue weighted by Crippen LogP contribution is -2.47. The largest absolute Gasteiger partial charge is 0.389 e. The van der Waals surface area contributed by atoms with Gasteiger partial charge in [-0.2, -0.15) is 5.10 Å². The number of carbonyl (C=O) groups is 2. The van der Waals surface area contributed by atoms with E-state index in [2.05, 4.69) is 10.2 Å². The Bertz CT molecular complexity index is 531. The van der Waals surface area contributed by atoms with Crippen LogP contribution < -0.4 is 10.6 Å². The summed E-state index contributed by atoms with van der Waals surface area (Å²) in [5.41, 5.74) is 6.00. The van der Waals surface area contributed by atoms with Crippen LogP contribution in [0.1, 0.15) is 24.8 Å². The van der Waals surface area contributed by atoms with Crippen molar-refractivity contribution in [1.82, 2.24) is 10.2 Å². The number of nitrogens with zero attached hydrogens (tertiary/aromatic N) is 2. The molecule has 2 aliphatic rings. The Balaban J connectivity index is 2.05. The van der Waals surface area contributed by atoms with E-state index in [9.17, 15) is 9.59 Å². The summed E-state index contributed by atoms with van der Waals surface area (Å²) in [6.07, 6.45) is 3.67. The second-order valence-corrected chi connectivity index (χ2v) is 5.16. The molecule has 1 saturated carbocycles. The molecule has 0 aromatic carbocycles. The quantitative estimate of drug-likeness (QED) is 0.593. The van der Waals surface area contributed by atoms with Crippen LogP contribution in [0.15, 0.2) is 6.20 Å². The van der Waals surface area contributed by atoms with Gasteiger partial charge in [-0.3, -0.25) is 14.7 Å². The summed E-state index contributed by atoms with van der Waals surface area (Å²) in [5.74, 6) is -0.148. The van der Waals surface area contributed by atoms with Crippen molar-refractivity contribution in [3.8, 4) is 0 Å². The normalized spacial score (nSPS) is 26.8. The molecule has 2 atom stereocenters. The van der Waals surface area contributed by atoms with E-state index in [-0.39, 0.29) is 28.6 Å². The van der Waals surface area contributed by atoms with Crippen LogP contribution in [0.25, 0.3) is 0 Å². The molecule has 0 spiro atoms. The van der Waals surface area contributed by atoms with Crippen LogP contribution in [-0.4, -0.2) is 27.0 Å². The summed E-state index contributed by atoms with van der Waals surface area (Å²) >= 11 is 4.89. The maximum atomic E-state index is 12.2. The number of amides is 2. The van der Waals surface area contributed by atoms with E-state index < -0.39 is 0 Å². The van der Waals surface area contributed by atoms with Gasteiger partial charge >= 0.3 is 0 Å². The van der Waals surface area contributed by atoms with Crippen molar-refractivity contribution in [3.63, 3.8) is 0 Å². The van der Waals surface area contributed by atoms with Gasteiger partial charge in [-0.25, -0.2) is 4.90 Å². The van der Waals surface area contributed by atoms with Crippen molar-refractivity contribution >= 4 is 34.8 Å². The number of piperidine rings is 1. The van der Waals surface area contributed by atoms with Gasteiger partial charge in [0.05, 0.1) is 11.8 Å². The summed E-state index contributed by atoms with van der Waals surface area (Å²) in [6.45, 7) is 0. The molecular weight excluding hydrogens is 252 g/mol. The number of carbonyl (C=O) groups excluding carboxylic acids is 2. The van der Waals surface area contributed by atoms with E-state index >= 15 is 0 Å². The Morgan fingerprint density at radius 2 is 2.00 bits per heavy atom. The molecule has 7 heteroatoms. The Kier molecular flexibility index (Phi) is 2.44. The van der Waals surface area contributed by atoms with Crippen LogP contribution in [-0.2, 0) is 9.59 Å². The highest BCUT2D eigenvalue weighted by atomic mass is 32.1. The maximum Gasteiger partial charge on any atom is 0.238 e. The van der Waals surface area contributed by atoms with E-state index in [1.807, 2.05) is 0 Å². The number of imide groups is 1. The fourth-order valence-corrected chi connectivity index (χ4v) is 2.90. The first-order valence-corrected chi connectivity index (χ1v) is 6.21. The lowest BCUT2D eigenvalue weighted by molar-refractivity contribution is -0.133. The summed E-state index contributed by atoms with van der Waals surface area (Å²) in [4.78, 5) is 25.8. The predicted octanol–water partition coefficient (Wildman–Crippen LogP) is 0.333. The van der Waals surface area contributed by atoms with E-state index in [4.69, 9.17) is 18.0 Å². The number of nitrogens with one attached hydrogen (secondary N) is 1. The number of anilines is 1. The van der Waals surface area contributed by atoms with Gasteiger partial charge in [-0.05, 0) is 19.3 Å². The topological polar surface area (TPSA) is 92.1 Å². The Morgan fingerprint density at radius 1 is 1.39 bits per heavy atom. The number of hydrogen-bond acceptors (Lipinski definition) is 4. The number of hydrogen-bond donors (Lipinski definition) is 2. The molecule has 2 amide bonds. The standard InChI is InChI=1S/C11H12N4O2S/c12-8(18)7-4-13-14-9(7)15-10(16)5-1-2-6(3-5)11(15)17/h4-6H,1-3H2,(H2,12,18)(H,13,14). The zero-order valence-corrected chi connectivity index (χ0v) is 10.4. The molecule has 1 aliphatic carbocycles. The first-order valence-electron chi connectivity index (χ1n) is 5.80. The summed E-state index contributed by atoms with van der Waals surface area (Å²) < 4.78 is 0. The third-order valence-electron chi connectivity index (χ3n) is 3.68. The van der Waals surface area contributed by atoms with Gasteiger partial charge < -0.3 is 5.73 Å². The Hall–Kier alpha value is -1.76. The van der Waals surface area contributed by atoms with E-state index in [1.165, 1.54) is 11.1 Å². The summed E-state index contributed by atoms with van der Waals surface area (Å²) in [6, 6.07) is 0. The monoisotopic (exact) mass is 264 g/mol. The van der Waals surface area contributed by atoms with Gasteiger partial charge in [0.25, 0.3) is 0 Å². The number of aromatic nitrogens is 2. The minimum atomic E-state index is -0.171. The highest BCUT2D eigenvalue weighted by molar-refractivity contribution is 7.80. The molecule has 2 unspecified atom stereocenters. The van der Waals surface area contributed by atoms with Crippen LogP contribution in [0.4, 0.5) is 5.82 Å². The fourth-order valence-electron chi connectivity index (χ4n) is 2.75. The maximum absolute atomic E-state index is 12.2. The number of H-pyrrole nitrogens is 1. The number of nitrogens with two attached hydrogens (primary N) is 1. The molecule has 2 fully saturated rings. The van der Waals surface area contributed by atoms with Crippen LogP contribution in [0.5, 0.6) is 0 Å². The van der Waals surface area contributed by atoms with Crippen LogP contribution in [0.2, 0.25) is 0 Å². The Labute approximate surface area is 109 Å². The SMILES string of the molecule is NC(=S)c1cn[nH]c1N1C(=O)C2CCC(C2)C1=O. The van der Waals surface area contributed by atoms with Crippen molar-refractivity contribution in [2.24, 2.45) is 17.6 Å². The van der Waals surface area contributed by atoms with Crippen LogP contribution in [0, 0.1) is 11.8 Å². The minimum Gasteiger partial charge on any atom is -0.389 e. The molecule has 6 nitrogen and oxygen atoms in total. The lowest BCUT2D eigenvalue weighted by atomic mass is 9.97. The highest BCUT2D eigenvalue weighted by Crippen LogP contribution is 2.40. The predicted molar refractivity (Wildman–Crippen MR) is 67.8 cm³/mol. The van der Waals surface area contributed by atoms with Crippen LogP contribution in [0.3, 0.4) is 0 Å². The zero-order chi connectivity index (χ0) is 12.9. The number of aromatic amines is 1. The zero-order valence-electron chi connectivity index (χ0n) is 9.55. The summed E-state index contributed by atoms with van der Waals surface area (Å²) in [7, 11) is 0. The van der Waals surface area contributed by atoms with Crippen molar-refractivity contribution < 1.29 is 9.59 Å². The second-order valence-electron chi connectivity index (χ2n) is 4.72. The third-order valence-corrected chi connectivity index (χ3v) is 3.90. The van der Waals surface area contributed by atoms with Crippen molar-refractivity contribution in [2.75, 3.05) is 4.90 Å². The first kappa shape index (κ1) is 11.3. The minimum absolute atomic E-state index is 0.0600. The molecule has 0 radical (unpaired) electrons. The van der Waals surface area contributed by atoms with E-state index in [0.29, 0.717) is 17.8 Å². The van der Waals surface area contributed by atoms with Gasteiger partial charge in [-0.15, -0.1) is 0 Å². The summed E-state index contributed by atoms with van der Waals surface area (Å²) in [5, 5.41) is 6.47. The second kappa shape index (κ2) is 3.88. The molecule has 18 heavy (non-hydrogen) atoms. The molecule has 1 aromatic rings. The molecule has 1 saturated heterocycles. The molecule has 1 aliphatic heterocycles. The van der Waals surface area contributed by atoms with E-state index in [1.54, 1.807) is 0 Å². The molecule has 1 aromatic heterocycles. The number of rotatable bonds is 2. The highest BCUT2D eigenvalue weighted by Gasteiger charge is 2.47. The first-order chi connectivity index (χ1) is 8.59.